The van der Waals surface area contributed by atoms with Crippen molar-refractivity contribution in [1.82, 2.24) is 9.88 Å². The molecular weight excluding hydrogens is 260 g/mol. The number of pyridine rings is 1. The third-order valence-corrected chi connectivity index (χ3v) is 3.73. The molecule has 0 aromatic carbocycles. The fraction of sp³-hybridized carbons (Fsp3) is 0.500. The van der Waals surface area contributed by atoms with E-state index >= 15 is 0 Å². The van der Waals surface area contributed by atoms with E-state index < -0.39 is 11.4 Å². The van der Waals surface area contributed by atoms with Gasteiger partial charge in [0.2, 0.25) is 0 Å². The molecule has 20 heavy (non-hydrogen) atoms. The molecule has 1 aromatic rings. The molecule has 1 aromatic heterocycles. The van der Waals surface area contributed by atoms with Gasteiger partial charge in [-0.3, -0.25) is 14.6 Å². The Hall–Kier alpha value is -2.11. The molecule has 0 aliphatic carbocycles. The summed E-state index contributed by atoms with van der Waals surface area (Å²) in [5.41, 5.74) is -0.467. The molecule has 2 rings (SSSR count). The van der Waals surface area contributed by atoms with Gasteiger partial charge in [-0.1, -0.05) is 0 Å². The molecule has 1 amide bonds. The van der Waals surface area contributed by atoms with Gasteiger partial charge in [-0.15, -0.1) is 0 Å². The van der Waals surface area contributed by atoms with Gasteiger partial charge in [0.05, 0.1) is 24.3 Å². The van der Waals surface area contributed by atoms with Crippen LogP contribution in [0.25, 0.3) is 0 Å². The molecule has 1 unspecified atom stereocenters. The number of methoxy groups -OCH3 is 1. The van der Waals surface area contributed by atoms with E-state index in [9.17, 15) is 14.7 Å². The van der Waals surface area contributed by atoms with Crippen molar-refractivity contribution in [2.45, 2.75) is 19.8 Å². The van der Waals surface area contributed by atoms with E-state index in [2.05, 4.69) is 4.98 Å². The van der Waals surface area contributed by atoms with Crippen LogP contribution in [0.5, 0.6) is 5.75 Å². The molecule has 0 spiro atoms. The average Bonchev–Trinajstić information content (AvgIpc) is 2.46. The first-order valence-electron chi connectivity index (χ1n) is 6.48. The second-order valence-electron chi connectivity index (χ2n) is 5.27. The Morgan fingerprint density at radius 3 is 2.90 bits per heavy atom. The number of ether oxygens (including phenoxy) is 1. The summed E-state index contributed by atoms with van der Waals surface area (Å²) in [7, 11) is 1.48. The third kappa shape index (κ3) is 2.59. The number of piperidine rings is 1. The van der Waals surface area contributed by atoms with E-state index in [1.54, 1.807) is 17.9 Å². The number of hydrogen-bond acceptors (Lipinski definition) is 4. The Balaban J connectivity index is 2.23. The van der Waals surface area contributed by atoms with Gasteiger partial charge in [-0.2, -0.15) is 0 Å². The van der Waals surface area contributed by atoms with Gasteiger partial charge in [0.15, 0.2) is 0 Å². The monoisotopic (exact) mass is 278 g/mol. The molecule has 0 bridgehead atoms. The molecule has 1 aliphatic heterocycles. The van der Waals surface area contributed by atoms with Crippen LogP contribution in [0.1, 0.15) is 30.1 Å². The molecular formula is C14H18N2O4. The van der Waals surface area contributed by atoms with Crippen LogP contribution >= 0.6 is 0 Å². The van der Waals surface area contributed by atoms with Crippen molar-refractivity contribution in [3.63, 3.8) is 0 Å². The van der Waals surface area contributed by atoms with Crippen LogP contribution in [0, 0.1) is 5.41 Å². The maximum Gasteiger partial charge on any atom is 0.311 e. The minimum absolute atomic E-state index is 0.212. The normalized spacial score (nSPS) is 22.4. The summed E-state index contributed by atoms with van der Waals surface area (Å²) in [6, 6.07) is 1.59. The number of likely N-dealkylation sites (tertiary alicyclic amines) is 1. The predicted molar refractivity (Wildman–Crippen MR) is 71.7 cm³/mol. The first kappa shape index (κ1) is 14.3. The summed E-state index contributed by atoms with van der Waals surface area (Å²) in [6.45, 7) is 2.46. The Morgan fingerprint density at radius 1 is 1.50 bits per heavy atom. The van der Waals surface area contributed by atoms with Crippen LogP contribution in [0.3, 0.4) is 0 Å². The van der Waals surface area contributed by atoms with Crippen LogP contribution < -0.4 is 4.74 Å². The van der Waals surface area contributed by atoms with Crippen LogP contribution in [-0.4, -0.2) is 47.1 Å². The lowest BCUT2D eigenvalue weighted by molar-refractivity contribution is -0.150. The van der Waals surface area contributed by atoms with Gasteiger partial charge < -0.3 is 14.7 Å². The van der Waals surface area contributed by atoms with Crippen LogP contribution in [-0.2, 0) is 4.79 Å². The highest BCUT2D eigenvalue weighted by Crippen LogP contribution is 2.31. The van der Waals surface area contributed by atoms with Gasteiger partial charge in [0.1, 0.15) is 5.75 Å². The van der Waals surface area contributed by atoms with Crippen LogP contribution in [0.2, 0.25) is 0 Å². The van der Waals surface area contributed by atoms with E-state index in [0.717, 1.165) is 0 Å². The van der Waals surface area contributed by atoms with Crippen molar-refractivity contribution in [3.05, 3.63) is 24.0 Å². The largest absolute Gasteiger partial charge is 0.494 e. The zero-order valence-corrected chi connectivity index (χ0v) is 11.6. The zero-order valence-electron chi connectivity index (χ0n) is 11.6. The maximum atomic E-state index is 12.5. The van der Waals surface area contributed by atoms with Crippen molar-refractivity contribution < 1.29 is 19.4 Å². The summed E-state index contributed by atoms with van der Waals surface area (Å²) in [5, 5.41) is 9.30. The first-order chi connectivity index (χ1) is 9.48. The van der Waals surface area contributed by atoms with Crippen LogP contribution in [0.4, 0.5) is 0 Å². The van der Waals surface area contributed by atoms with Crippen molar-refractivity contribution in [2.24, 2.45) is 5.41 Å². The standard InChI is InChI=1S/C14H18N2O4/c1-14(13(18)19)5-3-7-16(9-14)12(17)10-4-6-15-8-11(10)20-2/h4,6,8H,3,5,7,9H2,1-2H3,(H,18,19). The number of amides is 1. The van der Waals surface area contributed by atoms with E-state index in [1.807, 2.05) is 0 Å². The lowest BCUT2D eigenvalue weighted by Crippen LogP contribution is -2.48. The van der Waals surface area contributed by atoms with Crippen molar-refractivity contribution in [3.8, 4) is 5.75 Å². The summed E-state index contributed by atoms with van der Waals surface area (Å²) >= 11 is 0. The molecule has 6 heteroatoms. The Labute approximate surface area is 117 Å². The highest BCUT2D eigenvalue weighted by Gasteiger charge is 2.39. The molecule has 1 fully saturated rings. The molecule has 0 saturated carbocycles. The number of hydrogen-bond donors (Lipinski definition) is 1. The smallest absolute Gasteiger partial charge is 0.311 e. The number of aromatic nitrogens is 1. The van der Waals surface area contributed by atoms with Gasteiger partial charge in [0, 0.05) is 19.3 Å². The lowest BCUT2D eigenvalue weighted by Gasteiger charge is -2.37. The Bertz CT molecular complexity index is 532. The summed E-state index contributed by atoms with van der Waals surface area (Å²) in [4.78, 5) is 29.3. The highest BCUT2D eigenvalue weighted by molar-refractivity contribution is 5.97. The van der Waals surface area contributed by atoms with Crippen molar-refractivity contribution in [1.29, 1.82) is 0 Å². The molecule has 1 aliphatic rings. The van der Waals surface area contributed by atoms with Gasteiger partial charge in [-0.05, 0) is 25.8 Å². The number of carboxylic acid groups (broad SMARTS) is 1. The van der Waals surface area contributed by atoms with E-state index in [1.165, 1.54) is 19.5 Å². The number of rotatable bonds is 3. The fourth-order valence-corrected chi connectivity index (χ4v) is 2.48. The zero-order chi connectivity index (χ0) is 14.8. The number of carbonyl (C=O) groups is 2. The number of aliphatic carboxylic acids is 1. The molecule has 1 N–H and O–H groups in total. The van der Waals surface area contributed by atoms with Gasteiger partial charge in [0.25, 0.3) is 5.91 Å². The predicted octanol–water partition coefficient (Wildman–Crippen LogP) is 1.42. The Morgan fingerprint density at radius 2 is 2.25 bits per heavy atom. The number of carbonyl (C=O) groups excluding carboxylic acids is 1. The minimum Gasteiger partial charge on any atom is -0.494 e. The molecule has 1 atom stereocenters. The minimum atomic E-state index is -0.881. The Kier molecular flexibility index (Phi) is 3.92. The first-order valence-corrected chi connectivity index (χ1v) is 6.48. The molecule has 1 saturated heterocycles. The van der Waals surface area contributed by atoms with E-state index in [-0.39, 0.29) is 12.5 Å². The van der Waals surface area contributed by atoms with Crippen LogP contribution in [0.15, 0.2) is 18.5 Å². The topological polar surface area (TPSA) is 79.7 Å². The van der Waals surface area contributed by atoms with Crippen molar-refractivity contribution >= 4 is 11.9 Å². The number of carboxylic acids is 1. The molecule has 108 valence electrons. The van der Waals surface area contributed by atoms with E-state index in [4.69, 9.17) is 4.74 Å². The SMILES string of the molecule is COc1cnccc1C(=O)N1CCCC(C)(C(=O)O)C1. The summed E-state index contributed by atoms with van der Waals surface area (Å²) in [5.74, 6) is -0.673. The van der Waals surface area contributed by atoms with Gasteiger partial charge >= 0.3 is 5.97 Å². The van der Waals surface area contributed by atoms with Gasteiger partial charge in [-0.25, -0.2) is 0 Å². The fourth-order valence-electron chi connectivity index (χ4n) is 2.48. The summed E-state index contributed by atoms with van der Waals surface area (Å²) in [6.07, 6.45) is 4.27. The quantitative estimate of drug-likeness (QED) is 0.904. The molecule has 2 heterocycles. The lowest BCUT2D eigenvalue weighted by atomic mass is 9.82. The number of nitrogens with zero attached hydrogens (tertiary/aromatic N) is 2. The van der Waals surface area contributed by atoms with E-state index in [0.29, 0.717) is 30.7 Å². The average molecular weight is 278 g/mol. The summed E-state index contributed by atoms with van der Waals surface area (Å²) < 4.78 is 5.13. The highest BCUT2D eigenvalue weighted by atomic mass is 16.5. The third-order valence-electron chi connectivity index (χ3n) is 3.73. The molecule has 0 radical (unpaired) electrons. The van der Waals surface area contributed by atoms with Crippen molar-refractivity contribution in [2.75, 3.05) is 20.2 Å². The molecule has 6 nitrogen and oxygen atoms in total. The second-order valence-corrected chi connectivity index (χ2v) is 5.27. The maximum absolute atomic E-state index is 12.5. The second kappa shape index (κ2) is 5.48.